The zero-order valence-corrected chi connectivity index (χ0v) is 12.9. The van der Waals surface area contributed by atoms with Gasteiger partial charge in [0, 0.05) is 30.9 Å². The van der Waals surface area contributed by atoms with Gasteiger partial charge in [-0.05, 0) is 25.0 Å². The summed E-state index contributed by atoms with van der Waals surface area (Å²) >= 11 is 5.67. The van der Waals surface area contributed by atoms with Crippen molar-refractivity contribution in [3.05, 3.63) is 40.3 Å². The van der Waals surface area contributed by atoms with Crippen LogP contribution >= 0.6 is 11.6 Å². The summed E-state index contributed by atoms with van der Waals surface area (Å²) in [5, 5.41) is 19.0. The first-order valence-electron chi connectivity index (χ1n) is 7.17. The Morgan fingerprint density at radius 3 is 2.87 bits per heavy atom. The molecular weight excluding hydrogens is 325 g/mol. The largest absolute Gasteiger partial charge is 0.506 e. The highest BCUT2D eigenvalue weighted by atomic mass is 35.5. The third-order valence-electron chi connectivity index (χ3n) is 3.77. The van der Waals surface area contributed by atoms with Gasteiger partial charge >= 0.3 is 0 Å². The second kappa shape index (κ2) is 6.55. The lowest BCUT2D eigenvalue weighted by Crippen LogP contribution is -2.14. The first-order chi connectivity index (χ1) is 11.0. The van der Waals surface area contributed by atoms with E-state index in [2.05, 4.69) is 15.5 Å². The number of rotatable bonds is 3. The number of phenols is 1. The van der Waals surface area contributed by atoms with Crippen molar-refractivity contribution in [2.24, 2.45) is 0 Å². The number of ether oxygens (including phenoxy) is 1. The summed E-state index contributed by atoms with van der Waals surface area (Å²) < 4.78 is 18.7. The molecular formula is C15H15ClFN3O3. The fourth-order valence-corrected chi connectivity index (χ4v) is 2.75. The van der Waals surface area contributed by atoms with Crippen molar-refractivity contribution in [3.8, 4) is 5.75 Å². The summed E-state index contributed by atoms with van der Waals surface area (Å²) in [5.41, 5.74) is 0.663. The van der Waals surface area contributed by atoms with Crippen LogP contribution in [0.3, 0.4) is 0 Å². The normalized spacial score (nSPS) is 15.6. The maximum absolute atomic E-state index is 13.3. The number of carbonyl (C=O) groups is 1. The molecule has 0 radical (unpaired) electrons. The van der Waals surface area contributed by atoms with Crippen molar-refractivity contribution in [3.63, 3.8) is 0 Å². The van der Waals surface area contributed by atoms with Crippen LogP contribution < -0.4 is 5.32 Å². The van der Waals surface area contributed by atoms with Crippen LogP contribution in [0.25, 0.3) is 0 Å². The van der Waals surface area contributed by atoms with Gasteiger partial charge in [0.2, 0.25) is 0 Å². The average Bonchev–Trinajstić information content (AvgIpc) is 3.00. The molecule has 1 aliphatic rings. The molecule has 2 aromatic rings. The van der Waals surface area contributed by atoms with E-state index < -0.39 is 17.5 Å². The maximum Gasteiger partial charge on any atom is 0.260 e. The zero-order valence-electron chi connectivity index (χ0n) is 12.1. The number of aromatic nitrogens is 2. The number of carbonyl (C=O) groups excluding carboxylic acids is 1. The fourth-order valence-electron chi connectivity index (χ4n) is 2.54. The minimum absolute atomic E-state index is 0.222. The van der Waals surface area contributed by atoms with E-state index in [1.54, 1.807) is 6.07 Å². The van der Waals surface area contributed by atoms with E-state index in [4.69, 9.17) is 16.3 Å². The summed E-state index contributed by atoms with van der Waals surface area (Å²) in [4.78, 5) is 12.2. The molecule has 23 heavy (non-hydrogen) atoms. The molecule has 2 heterocycles. The first kappa shape index (κ1) is 15.8. The molecule has 0 atom stereocenters. The first-order valence-corrected chi connectivity index (χ1v) is 7.55. The second-order valence-corrected chi connectivity index (χ2v) is 5.74. The van der Waals surface area contributed by atoms with Crippen molar-refractivity contribution in [2.75, 3.05) is 18.5 Å². The molecule has 6 nitrogen and oxygen atoms in total. The number of aromatic hydroxyl groups is 1. The van der Waals surface area contributed by atoms with Gasteiger partial charge < -0.3 is 15.2 Å². The van der Waals surface area contributed by atoms with Crippen molar-refractivity contribution in [2.45, 2.75) is 18.8 Å². The lowest BCUT2D eigenvalue weighted by Gasteiger charge is -2.20. The van der Waals surface area contributed by atoms with E-state index in [-0.39, 0.29) is 10.6 Å². The standard InChI is InChI=1S/C15H15ClFN3O3/c16-11-6-9(17)5-10(14(11)21)15(22)18-13-7-12(19-20-13)8-1-3-23-4-2-8/h5-8,21H,1-4H2,(H2,18,19,20,22). The molecule has 0 saturated carbocycles. The molecule has 1 aliphatic heterocycles. The van der Waals surface area contributed by atoms with E-state index in [1.807, 2.05) is 0 Å². The van der Waals surface area contributed by atoms with Gasteiger partial charge in [-0.25, -0.2) is 4.39 Å². The highest BCUT2D eigenvalue weighted by Gasteiger charge is 2.20. The van der Waals surface area contributed by atoms with Gasteiger partial charge in [0.15, 0.2) is 5.82 Å². The number of halogens is 2. The molecule has 1 fully saturated rings. The van der Waals surface area contributed by atoms with Crippen LogP contribution in [0.2, 0.25) is 5.02 Å². The number of hydrogen-bond donors (Lipinski definition) is 3. The van der Waals surface area contributed by atoms with Gasteiger partial charge in [-0.15, -0.1) is 0 Å². The molecule has 122 valence electrons. The molecule has 0 bridgehead atoms. The monoisotopic (exact) mass is 339 g/mol. The van der Waals surface area contributed by atoms with Crippen LogP contribution in [-0.4, -0.2) is 34.4 Å². The molecule has 0 unspecified atom stereocenters. The third-order valence-corrected chi connectivity index (χ3v) is 4.06. The lowest BCUT2D eigenvalue weighted by molar-refractivity contribution is 0.0845. The molecule has 1 amide bonds. The smallest absolute Gasteiger partial charge is 0.260 e. The lowest BCUT2D eigenvalue weighted by atomic mass is 9.97. The fraction of sp³-hybridized carbons (Fsp3) is 0.333. The van der Waals surface area contributed by atoms with Gasteiger partial charge in [-0.1, -0.05) is 11.6 Å². The highest BCUT2D eigenvalue weighted by Crippen LogP contribution is 2.30. The summed E-state index contributed by atoms with van der Waals surface area (Å²) in [6, 6.07) is 3.58. The minimum atomic E-state index is -0.706. The van der Waals surface area contributed by atoms with Crippen LogP contribution in [0.5, 0.6) is 5.75 Å². The molecule has 0 aliphatic carbocycles. The highest BCUT2D eigenvalue weighted by molar-refractivity contribution is 6.32. The number of anilines is 1. The zero-order chi connectivity index (χ0) is 16.4. The van der Waals surface area contributed by atoms with Gasteiger partial charge in [0.1, 0.15) is 11.6 Å². The van der Waals surface area contributed by atoms with Crippen molar-refractivity contribution < 1.29 is 19.0 Å². The summed E-state index contributed by atoms with van der Waals surface area (Å²) in [5.74, 6) is -1.25. The van der Waals surface area contributed by atoms with Crippen LogP contribution in [0.1, 0.15) is 34.8 Å². The number of H-pyrrole nitrogens is 1. The number of nitrogens with one attached hydrogen (secondary N) is 2. The van der Waals surface area contributed by atoms with Crippen molar-refractivity contribution >= 4 is 23.3 Å². The Hall–Kier alpha value is -2.12. The van der Waals surface area contributed by atoms with Gasteiger partial charge in [0.25, 0.3) is 5.91 Å². The number of nitrogens with zero attached hydrogens (tertiary/aromatic N) is 1. The van der Waals surface area contributed by atoms with Crippen LogP contribution in [-0.2, 0) is 4.74 Å². The Kier molecular flexibility index (Phi) is 4.49. The number of aromatic amines is 1. The van der Waals surface area contributed by atoms with Crippen molar-refractivity contribution in [1.82, 2.24) is 10.2 Å². The van der Waals surface area contributed by atoms with Crippen LogP contribution in [0.4, 0.5) is 10.2 Å². The predicted octanol–water partition coefficient (Wildman–Crippen LogP) is 3.05. The number of hydrogen-bond acceptors (Lipinski definition) is 4. The quantitative estimate of drug-likeness (QED) is 0.802. The Labute approximate surface area is 136 Å². The molecule has 3 rings (SSSR count). The minimum Gasteiger partial charge on any atom is -0.506 e. The Morgan fingerprint density at radius 2 is 2.13 bits per heavy atom. The SMILES string of the molecule is O=C(Nc1cc(C2CCOCC2)[nH]n1)c1cc(F)cc(Cl)c1O. The third kappa shape index (κ3) is 3.46. The molecule has 1 aromatic heterocycles. The van der Waals surface area contributed by atoms with Crippen LogP contribution in [0.15, 0.2) is 18.2 Å². The molecule has 1 saturated heterocycles. The van der Waals surface area contributed by atoms with Crippen molar-refractivity contribution in [1.29, 1.82) is 0 Å². The molecule has 0 spiro atoms. The Balaban J connectivity index is 1.74. The number of benzene rings is 1. The van der Waals surface area contributed by atoms with E-state index in [9.17, 15) is 14.3 Å². The predicted molar refractivity (Wildman–Crippen MR) is 82.4 cm³/mol. The number of amides is 1. The molecule has 1 aromatic carbocycles. The maximum atomic E-state index is 13.3. The van der Waals surface area contributed by atoms with E-state index in [0.717, 1.165) is 30.7 Å². The van der Waals surface area contributed by atoms with E-state index in [0.29, 0.717) is 24.9 Å². The van der Waals surface area contributed by atoms with E-state index >= 15 is 0 Å². The summed E-state index contributed by atoms with van der Waals surface area (Å²) in [6.07, 6.45) is 1.77. The Morgan fingerprint density at radius 1 is 1.39 bits per heavy atom. The van der Waals surface area contributed by atoms with Gasteiger partial charge in [-0.2, -0.15) is 5.10 Å². The Bertz CT molecular complexity index is 729. The summed E-state index contributed by atoms with van der Waals surface area (Å²) in [6.45, 7) is 1.39. The summed E-state index contributed by atoms with van der Waals surface area (Å²) in [7, 11) is 0. The second-order valence-electron chi connectivity index (χ2n) is 5.33. The van der Waals surface area contributed by atoms with Crippen LogP contribution in [0, 0.1) is 5.82 Å². The van der Waals surface area contributed by atoms with Gasteiger partial charge in [0.05, 0.1) is 10.6 Å². The van der Waals surface area contributed by atoms with Gasteiger partial charge in [-0.3, -0.25) is 9.89 Å². The van der Waals surface area contributed by atoms with E-state index in [1.165, 1.54) is 0 Å². The molecule has 3 N–H and O–H groups in total. The number of phenolic OH excluding ortho intramolecular Hbond substituents is 1. The molecule has 8 heteroatoms. The topological polar surface area (TPSA) is 87.2 Å². The average molecular weight is 340 g/mol.